The lowest BCUT2D eigenvalue weighted by Crippen LogP contribution is -1.93. The number of rotatable bonds is 2. The molecule has 1 aromatic heterocycles. The molecule has 3 N–H and O–H groups in total. The number of nitrogens with one attached hydrogen (secondary N) is 1. The number of fused-ring (bicyclic) bond motifs is 1. The highest BCUT2D eigenvalue weighted by molar-refractivity contribution is 5.98. The van der Waals surface area contributed by atoms with Crippen LogP contribution >= 0.6 is 0 Å². The average Bonchev–Trinajstić information content (AvgIpc) is 2.79. The van der Waals surface area contributed by atoms with Crippen molar-refractivity contribution < 1.29 is 19.4 Å². The van der Waals surface area contributed by atoms with Crippen LogP contribution in [0.4, 0.5) is 10.1 Å². The van der Waals surface area contributed by atoms with E-state index < -0.39 is 11.7 Å². The second kappa shape index (κ2) is 5.28. The van der Waals surface area contributed by atoms with Crippen LogP contribution in [0.5, 0.6) is 11.6 Å². The first-order valence-corrected chi connectivity index (χ1v) is 6.30. The maximum absolute atomic E-state index is 13.1. The van der Waals surface area contributed by atoms with Gasteiger partial charge < -0.3 is 15.2 Å². The zero-order valence-corrected chi connectivity index (χ0v) is 11.1. The molecule has 0 unspecified atom stereocenters. The number of amides is 1. The minimum Gasteiger partial charge on any atom is -0.507 e. The lowest BCUT2D eigenvalue weighted by Gasteiger charge is -1.97. The minimum absolute atomic E-state index is 0.00312. The Kier molecular flexibility index (Phi) is 3.30. The quantitative estimate of drug-likeness (QED) is 0.630. The predicted molar refractivity (Wildman–Crippen MR) is 76.9 cm³/mol. The van der Waals surface area contributed by atoms with E-state index in [-0.39, 0.29) is 22.9 Å². The number of halogens is 1. The summed E-state index contributed by atoms with van der Waals surface area (Å²) < 4.78 is 13.1. The number of carbonyl (C=O) groups excluding carboxylic acids is 1. The Morgan fingerprint density at radius 1 is 1.14 bits per heavy atom. The molecular weight excluding hydrogens is 289 g/mol. The monoisotopic (exact) mass is 299 g/mol. The zero-order valence-electron chi connectivity index (χ0n) is 11.1. The molecule has 6 nitrogen and oxygen atoms in total. The Hall–Kier alpha value is -3.22. The third kappa shape index (κ3) is 2.39. The number of carbonyl (C=O) groups is 1. The van der Waals surface area contributed by atoms with Gasteiger partial charge in [0, 0.05) is 5.39 Å². The Balaban J connectivity index is 1.98. The van der Waals surface area contributed by atoms with Gasteiger partial charge in [0.2, 0.25) is 5.88 Å². The highest BCUT2D eigenvalue weighted by Gasteiger charge is 2.13. The maximum atomic E-state index is 13.1. The van der Waals surface area contributed by atoms with E-state index in [4.69, 9.17) is 0 Å². The van der Waals surface area contributed by atoms with Crippen LogP contribution in [0.25, 0.3) is 10.9 Å². The van der Waals surface area contributed by atoms with Gasteiger partial charge in [-0.3, -0.25) is 4.79 Å². The minimum atomic E-state index is -0.756. The molecule has 3 rings (SSSR count). The molecule has 0 atom stereocenters. The van der Waals surface area contributed by atoms with Crippen LogP contribution in [0.1, 0.15) is 10.4 Å². The van der Waals surface area contributed by atoms with Crippen molar-refractivity contribution >= 4 is 22.5 Å². The normalized spacial score (nSPS) is 11.3. The van der Waals surface area contributed by atoms with Crippen molar-refractivity contribution in [1.29, 1.82) is 0 Å². The smallest absolute Gasteiger partial charge is 0.299 e. The standard InChI is InChI=1S/C15H10FN3O3/c16-8-5-6-9-11(7-8)17-15(22)13(9)18-19-14(21)10-3-1-2-4-12(10)20/h1-7,17,20,22H. The molecule has 0 saturated carbocycles. The number of nitrogens with zero attached hydrogens (tertiary/aromatic N) is 2. The highest BCUT2D eigenvalue weighted by Crippen LogP contribution is 2.35. The molecule has 0 aliphatic heterocycles. The first-order valence-electron chi connectivity index (χ1n) is 6.30. The van der Waals surface area contributed by atoms with Gasteiger partial charge in [0.05, 0.1) is 11.1 Å². The van der Waals surface area contributed by atoms with Crippen molar-refractivity contribution in [2.75, 3.05) is 0 Å². The first kappa shape index (κ1) is 13.7. The van der Waals surface area contributed by atoms with Crippen LogP contribution in [0, 0.1) is 5.82 Å². The lowest BCUT2D eigenvalue weighted by atomic mass is 10.2. The SMILES string of the molecule is O=C(N=Nc1c(O)[nH]c2cc(F)ccc12)c1ccccc1O. The summed E-state index contributed by atoms with van der Waals surface area (Å²) >= 11 is 0. The van der Waals surface area contributed by atoms with Crippen molar-refractivity contribution in [2.45, 2.75) is 0 Å². The van der Waals surface area contributed by atoms with Gasteiger partial charge >= 0.3 is 0 Å². The van der Waals surface area contributed by atoms with Gasteiger partial charge in [0.1, 0.15) is 11.6 Å². The van der Waals surface area contributed by atoms with E-state index in [1.54, 1.807) is 12.1 Å². The summed E-state index contributed by atoms with van der Waals surface area (Å²) in [5.74, 6) is -1.76. The number of para-hydroxylation sites is 1. The molecule has 7 heteroatoms. The van der Waals surface area contributed by atoms with Gasteiger partial charge in [-0.25, -0.2) is 4.39 Å². The number of aromatic nitrogens is 1. The molecule has 110 valence electrons. The van der Waals surface area contributed by atoms with E-state index in [2.05, 4.69) is 15.2 Å². The van der Waals surface area contributed by atoms with Crippen LogP contribution < -0.4 is 0 Å². The van der Waals surface area contributed by atoms with E-state index in [1.165, 1.54) is 30.3 Å². The number of H-pyrrole nitrogens is 1. The summed E-state index contributed by atoms with van der Waals surface area (Å²) in [5.41, 5.74) is 0.358. The summed E-state index contributed by atoms with van der Waals surface area (Å²) in [5, 5.41) is 27.0. The molecule has 0 spiro atoms. The molecule has 0 radical (unpaired) electrons. The van der Waals surface area contributed by atoms with E-state index in [0.717, 1.165) is 0 Å². The fourth-order valence-corrected chi connectivity index (χ4v) is 2.05. The third-order valence-corrected chi connectivity index (χ3v) is 3.09. The average molecular weight is 299 g/mol. The highest BCUT2D eigenvalue weighted by atomic mass is 19.1. The molecule has 0 aliphatic carbocycles. The zero-order chi connectivity index (χ0) is 15.7. The molecule has 0 saturated heterocycles. The first-order chi connectivity index (χ1) is 10.6. The van der Waals surface area contributed by atoms with Gasteiger partial charge in [-0.2, -0.15) is 0 Å². The van der Waals surface area contributed by atoms with Crippen molar-refractivity contribution in [3.63, 3.8) is 0 Å². The Morgan fingerprint density at radius 2 is 1.91 bits per heavy atom. The number of azo groups is 1. The molecule has 1 amide bonds. The number of benzene rings is 2. The van der Waals surface area contributed by atoms with E-state index in [9.17, 15) is 19.4 Å². The number of hydrogen-bond donors (Lipinski definition) is 3. The number of hydrogen-bond acceptors (Lipinski definition) is 4. The van der Waals surface area contributed by atoms with Crippen LogP contribution in [0.2, 0.25) is 0 Å². The molecule has 3 aromatic rings. The number of aromatic amines is 1. The second-order valence-corrected chi connectivity index (χ2v) is 4.53. The summed E-state index contributed by atoms with van der Waals surface area (Å²) in [6.07, 6.45) is 0. The van der Waals surface area contributed by atoms with Crippen LogP contribution in [-0.2, 0) is 0 Å². The van der Waals surface area contributed by atoms with E-state index in [0.29, 0.717) is 10.9 Å². The van der Waals surface area contributed by atoms with E-state index in [1.807, 2.05) is 0 Å². The van der Waals surface area contributed by atoms with Gasteiger partial charge in [-0.15, -0.1) is 10.2 Å². The van der Waals surface area contributed by atoms with Crippen molar-refractivity contribution in [3.05, 3.63) is 53.8 Å². The molecule has 0 bridgehead atoms. The van der Waals surface area contributed by atoms with Gasteiger partial charge in [-0.1, -0.05) is 12.1 Å². The predicted octanol–water partition coefficient (Wildman–Crippen LogP) is 3.64. The fourth-order valence-electron chi connectivity index (χ4n) is 2.05. The van der Waals surface area contributed by atoms with Gasteiger partial charge in [0.15, 0.2) is 5.69 Å². The Bertz CT molecular complexity index is 902. The van der Waals surface area contributed by atoms with Crippen LogP contribution in [-0.4, -0.2) is 21.1 Å². The van der Waals surface area contributed by atoms with Gasteiger partial charge in [-0.05, 0) is 30.3 Å². The topological polar surface area (TPSA) is 98.0 Å². The largest absolute Gasteiger partial charge is 0.507 e. The number of phenols is 1. The van der Waals surface area contributed by atoms with Crippen molar-refractivity contribution in [1.82, 2.24) is 4.98 Å². The fraction of sp³-hybridized carbons (Fsp3) is 0. The number of aromatic hydroxyl groups is 2. The Labute approximate surface area is 123 Å². The summed E-state index contributed by atoms with van der Waals surface area (Å²) in [4.78, 5) is 14.4. The van der Waals surface area contributed by atoms with E-state index >= 15 is 0 Å². The molecule has 1 heterocycles. The summed E-state index contributed by atoms with van der Waals surface area (Å²) in [7, 11) is 0. The van der Waals surface area contributed by atoms with Crippen molar-refractivity contribution in [3.8, 4) is 11.6 Å². The third-order valence-electron chi connectivity index (χ3n) is 3.09. The van der Waals surface area contributed by atoms with Crippen LogP contribution in [0.15, 0.2) is 52.7 Å². The lowest BCUT2D eigenvalue weighted by molar-refractivity contribution is 0.0992. The molecule has 22 heavy (non-hydrogen) atoms. The molecular formula is C15H10FN3O3. The van der Waals surface area contributed by atoms with Crippen LogP contribution in [0.3, 0.4) is 0 Å². The Morgan fingerprint density at radius 3 is 2.68 bits per heavy atom. The molecule has 0 fully saturated rings. The summed E-state index contributed by atoms with van der Waals surface area (Å²) in [6.45, 7) is 0. The van der Waals surface area contributed by atoms with Crippen molar-refractivity contribution in [2.24, 2.45) is 10.2 Å². The molecule has 2 aromatic carbocycles. The van der Waals surface area contributed by atoms with Gasteiger partial charge in [0.25, 0.3) is 5.91 Å². The molecule has 0 aliphatic rings. The maximum Gasteiger partial charge on any atom is 0.299 e. The second-order valence-electron chi connectivity index (χ2n) is 4.53. The number of phenolic OH excluding ortho intramolecular Hbond substituents is 1. The summed E-state index contributed by atoms with van der Waals surface area (Å²) in [6, 6.07) is 9.73.